The molecule has 0 bridgehead atoms. The van der Waals surface area contributed by atoms with Crippen molar-refractivity contribution in [2.24, 2.45) is 0 Å². The van der Waals surface area contributed by atoms with E-state index in [1.807, 2.05) is 42.5 Å². The van der Waals surface area contributed by atoms with Gasteiger partial charge in [0.15, 0.2) is 9.84 Å². The quantitative estimate of drug-likeness (QED) is 0.540. The monoisotopic (exact) mass is 374 g/mol. The van der Waals surface area contributed by atoms with Gasteiger partial charge in [0.05, 0.1) is 4.90 Å². The summed E-state index contributed by atoms with van der Waals surface area (Å²) in [7, 11) is -3.78. The minimum absolute atomic E-state index is 0.0259. The molecule has 4 aromatic carbocycles. The molecule has 4 heteroatoms. The average molecular weight is 374 g/mol. The van der Waals surface area contributed by atoms with Gasteiger partial charge in [-0.15, -0.1) is 0 Å². The summed E-state index contributed by atoms with van der Waals surface area (Å²) in [6, 6.07) is 28.3. The van der Waals surface area contributed by atoms with E-state index in [9.17, 15) is 13.5 Å². The Bertz CT molecular complexity index is 1180. The summed E-state index contributed by atoms with van der Waals surface area (Å²) in [4.78, 5) is 0.228. The lowest BCUT2D eigenvalue weighted by Crippen LogP contribution is -2.16. The van der Waals surface area contributed by atoms with Gasteiger partial charge in [-0.25, -0.2) is 8.42 Å². The van der Waals surface area contributed by atoms with Crippen molar-refractivity contribution in [3.8, 4) is 5.75 Å². The molecule has 0 aromatic heterocycles. The van der Waals surface area contributed by atoms with Crippen molar-refractivity contribution in [3.63, 3.8) is 0 Å². The highest BCUT2D eigenvalue weighted by molar-refractivity contribution is 7.92. The summed E-state index contributed by atoms with van der Waals surface area (Å²) in [5, 5.41) is 11.3. The fourth-order valence-corrected chi connectivity index (χ4v) is 5.32. The minimum Gasteiger partial charge on any atom is -0.508 e. The van der Waals surface area contributed by atoms with E-state index in [1.165, 1.54) is 0 Å². The average Bonchev–Trinajstić information content (AvgIpc) is 2.71. The van der Waals surface area contributed by atoms with Gasteiger partial charge in [0.25, 0.3) is 0 Å². The highest BCUT2D eigenvalue weighted by Gasteiger charge is 2.33. The van der Waals surface area contributed by atoms with Crippen LogP contribution in [0.15, 0.2) is 102 Å². The van der Waals surface area contributed by atoms with Crippen LogP contribution >= 0.6 is 0 Å². The zero-order chi connectivity index (χ0) is 18.9. The first-order chi connectivity index (χ1) is 13.1. The first-order valence-electron chi connectivity index (χ1n) is 8.63. The molecule has 0 amide bonds. The van der Waals surface area contributed by atoms with Crippen molar-refractivity contribution in [2.45, 2.75) is 10.1 Å². The molecule has 1 atom stereocenters. The molecular weight excluding hydrogens is 356 g/mol. The zero-order valence-electron chi connectivity index (χ0n) is 14.5. The number of phenols is 1. The van der Waals surface area contributed by atoms with Crippen LogP contribution in [0.3, 0.4) is 0 Å². The fraction of sp³-hybridized carbons (Fsp3) is 0.0435. The molecule has 27 heavy (non-hydrogen) atoms. The molecular formula is C23H18O3S. The molecule has 0 heterocycles. The van der Waals surface area contributed by atoms with Gasteiger partial charge in [0.2, 0.25) is 0 Å². The summed E-state index contributed by atoms with van der Waals surface area (Å²) in [5.41, 5.74) is 1.02. The highest BCUT2D eigenvalue weighted by Crippen LogP contribution is 2.42. The van der Waals surface area contributed by atoms with Gasteiger partial charge in [-0.1, -0.05) is 78.9 Å². The lowest BCUT2D eigenvalue weighted by Gasteiger charge is -2.21. The van der Waals surface area contributed by atoms with E-state index in [0.29, 0.717) is 11.1 Å². The second-order valence-electron chi connectivity index (χ2n) is 6.37. The van der Waals surface area contributed by atoms with Crippen molar-refractivity contribution in [3.05, 3.63) is 108 Å². The van der Waals surface area contributed by atoms with E-state index in [2.05, 4.69) is 0 Å². The topological polar surface area (TPSA) is 54.4 Å². The van der Waals surface area contributed by atoms with Crippen LogP contribution in [0.25, 0.3) is 10.8 Å². The molecule has 1 N–H and O–H groups in total. The van der Waals surface area contributed by atoms with Crippen LogP contribution in [0.2, 0.25) is 0 Å². The molecule has 3 nitrogen and oxygen atoms in total. The molecule has 0 spiro atoms. The second kappa shape index (κ2) is 6.89. The Balaban J connectivity index is 2.06. The van der Waals surface area contributed by atoms with E-state index in [4.69, 9.17) is 0 Å². The molecule has 1 unspecified atom stereocenters. The standard InChI is InChI=1S/C23H18O3S/c24-21-16-15-17-9-7-8-14-20(17)22(21)23(18-10-3-1-4-11-18)27(25,26)19-12-5-2-6-13-19/h1-16,23-24H. The van der Waals surface area contributed by atoms with Crippen molar-refractivity contribution in [1.82, 2.24) is 0 Å². The normalized spacial score (nSPS) is 12.7. The second-order valence-corrected chi connectivity index (χ2v) is 8.40. The molecule has 4 rings (SSSR count). The van der Waals surface area contributed by atoms with Gasteiger partial charge in [-0.05, 0) is 34.5 Å². The molecule has 0 aliphatic carbocycles. The maximum Gasteiger partial charge on any atom is 0.189 e. The smallest absolute Gasteiger partial charge is 0.189 e. The SMILES string of the molecule is O=S(=O)(c1ccccc1)C(c1ccccc1)c1c(O)ccc2ccccc12. The molecule has 0 aliphatic rings. The number of aromatic hydroxyl groups is 1. The number of rotatable bonds is 4. The Labute approximate surface area is 158 Å². The predicted octanol–water partition coefficient (Wildman–Crippen LogP) is 5.11. The Kier molecular flexibility index (Phi) is 4.42. The van der Waals surface area contributed by atoms with Crippen LogP contribution in [0.5, 0.6) is 5.75 Å². The molecule has 4 aromatic rings. The maximum absolute atomic E-state index is 13.6. The first kappa shape index (κ1) is 17.3. The van der Waals surface area contributed by atoms with Crippen molar-refractivity contribution >= 4 is 20.6 Å². The van der Waals surface area contributed by atoms with E-state index in [1.54, 1.807) is 54.6 Å². The van der Waals surface area contributed by atoms with E-state index >= 15 is 0 Å². The first-order valence-corrected chi connectivity index (χ1v) is 10.2. The lowest BCUT2D eigenvalue weighted by molar-refractivity contribution is 0.469. The van der Waals surface area contributed by atoms with Gasteiger partial charge in [0.1, 0.15) is 11.0 Å². The Hall–Kier alpha value is -3.11. The highest BCUT2D eigenvalue weighted by atomic mass is 32.2. The Morgan fingerprint density at radius 3 is 1.96 bits per heavy atom. The third-order valence-corrected chi connectivity index (χ3v) is 6.75. The summed E-state index contributed by atoms with van der Waals surface area (Å²) < 4.78 is 27.2. The summed E-state index contributed by atoms with van der Waals surface area (Å²) in [6.45, 7) is 0. The Morgan fingerprint density at radius 2 is 1.26 bits per heavy atom. The summed E-state index contributed by atoms with van der Waals surface area (Å²) in [5.74, 6) is -0.0259. The van der Waals surface area contributed by atoms with Gasteiger partial charge >= 0.3 is 0 Å². The maximum atomic E-state index is 13.6. The van der Waals surface area contributed by atoms with Crippen LogP contribution in [0.4, 0.5) is 0 Å². The van der Waals surface area contributed by atoms with E-state index in [0.717, 1.165) is 10.8 Å². The molecule has 0 saturated heterocycles. The number of phenolic OH excluding ortho intramolecular Hbond substituents is 1. The van der Waals surface area contributed by atoms with Crippen LogP contribution in [-0.2, 0) is 9.84 Å². The van der Waals surface area contributed by atoms with Crippen molar-refractivity contribution in [1.29, 1.82) is 0 Å². The molecule has 0 aliphatic heterocycles. The fourth-order valence-electron chi connectivity index (χ4n) is 3.43. The van der Waals surface area contributed by atoms with Crippen LogP contribution in [-0.4, -0.2) is 13.5 Å². The van der Waals surface area contributed by atoms with Gasteiger partial charge in [0, 0.05) is 5.56 Å². The molecule has 0 saturated carbocycles. The van der Waals surface area contributed by atoms with Crippen LogP contribution in [0, 0.1) is 0 Å². The molecule has 134 valence electrons. The van der Waals surface area contributed by atoms with Gasteiger partial charge < -0.3 is 5.11 Å². The number of hydrogen-bond donors (Lipinski definition) is 1. The summed E-state index contributed by atoms with van der Waals surface area (Å²) in [6.07, 6.45) is 0. The molecule has 0 radical (unpaired) electrons. The van der Waals surface area contributed by atoms with Gasteiger partial charge in [-0.3, -0.25) is 0 Å². The number of fused-ring (bicyclic) bond motifs is 1. The number of hydrogen-bond acceptors (Lipinski definition) is 3. The van der Waals surface area contributed by atoms with Crippen molar-refractivity contribution < 1.29 is 13.5 Å². The largest absolute Gasteiger partial charge is 0.508 e. The lowest BCUT2D eigenvalue weighted by atomic mass is 9.97. The van der Waals surface area contributed by atoms with Gasteiger partial charge in [-0.2, -0.15) is 0 Å². The van der Waals surface area contributed by atoms with Crippen LogP contribution in [0.1, 0.15) is 16.4 Å². The van der Waals surface area contributed by atoms with Crippen LogP contribution < -0.4 is 0 Å². The predicted molar refractivity (Wildman–Crippen MR) is 108 cm³/mol. The third kappa shape index (κ3) is 3.09. The number of benzene rings is 4. The van der Waals surface area contributed by atoms with E-state index < -0.39 is 15.1 Å². The Morgan fingerprint density at radius 1 is 0.667 bits per heavy atom. The third-order valence-electron chi connectivity index (χ3n) is 4.69. The van der Waals surface area contributed by atoms with Crippen molar-refractivity contribution in [2.75, 3.05) is 0 Å². The molecule has 0 fully saturated rings. The zero-order valence-corrected chi connectivity index (χ0v) is 15.3. The minimum atomic E-state index is -3.78. The van der Waals surface area contributed by atoms with E-state index in [-0.39, 0.29) is 10.6 Å². The number of sulfone groups is 1. The summed E-state index contributed by atoms with van der Waals surface area (Å²) >= 11 is 0.